The van der Waals surface area contributed by atoms with Crippen molar-refractivity contribution in [1.82, 2.24) is 15.1 Å². The van der Waals surface area contributed by atoms with E-state index < -0.39 is 6.08 Å². The minimum atomic E-state index is -0.608. The van der Waals surface area contributed by atoms with Crippen LogP contribution in [0.15, 0.2) is 29.0 Å². The van der Waals surface area contributed by atoms with Crippen LogP contribution in [-0.2, 0) is 0 Å². The quantitative estimate of drug-likeness (QED) is 0.713. The smallest absolute Gasteiger partial charge is 0.286 e. The van der Waals surface area contributed by atoms with Crippen molar-refractivity contribution in [3.05, 3.63) is 36.2 Å². The number of nitrogens with zero attached hydrogens (tertiary/aromatic N) is 2. The molecule has 0 radical (unpaired) electrons. The summed E-state index contributed by atoms with van der Waals surface area (Å²) in [7, 11) is 0. The predicted octanol–water partition coefficient (Wildman–Crippen LogP) is 3.69. The zero-order valence-corrected chi connectivity index (χ0v) is 10.5. The standard InChI is InChI=1S/C11H8FN3O.C2H6/c1-6-2-3-7(9-5-13-11(12)15-9)10-8(6)4-14-16-10;1-2/h2-5H,1H3,(H,13,15);1-2H3. The van der Waals surface area contributed by atoms with Crippen LogP contribution in [0.3, 0.4) is 0 Å². The fourth-order valence-corrected chi connectivity index (χ4v) is 1.73. The van der Waals surface area contributed by atoms with E-state index in [0.717, 1.165) is 16.5 Å². The van der Waals surface area contributed by atoms with E-state index >= 15 is 0 Å². The van der Waals surface area contributed by atoms with Crippen LogP contribution in [0.2, 0.25) is 0 Å². The number of benzene rings is 1. The molecule has 0 aliphatic carbocycles. The number of halogens is 1. The molecule has 3 rings (SSSR count). The van der Waals surface area contributed by atoms with Gasteiger partial charge in [0.2, 0.25) is 0 Å². The molecule has 1 aromatic carbocycles. The van der Waals surface area contributed by atoms with Gasteiger partial charge in [-0.1, -0.05) is 25.1 Å². The lowest BCUT2D eigenvalue weighted by Crippen LogP contribution is -1.82. The molecule has 0 saturated heterocycles. The Morgan fingerprint density at radius 2 is 2.00 bits per heavy atom. The SMILES string of the molecule is CC.Cc1ccc(-c2cnc(F)[nH]2)c2oncc12. The van der Waals surface area contributed by atoms with Crippen LogP contribution in [0, 0.1) is 13.0 Å². The largest absolute Gasteiger partial charge is 0.356 e. The zero-order chi connectivity index (χ0) is 13.1. The van der Waals surface area contributed by atoms with Gasteiger partial charge in [0.15, 0.2) is 5.58 Å². The Hall–Kier alpha value is -2.17. The number of nitrogens with one attached hydrogen (secondary N) is 1. The highest BCUT2D eigenvalue weighted by molar-refractivity contribution is 5.92. The van der Waals surface area contributed by atoms with Gasteiger partial charge in [0.1, 0.15) is 0 Å². The minimum absolute atomic E-state index is 0.583. The van der Waals surface area contributed by atoms with Gasteiger partial charge in [0.25, 0.3) is 6.08 Å². The molecule has 0 amide bonds. The third kappa shape index (κ3) is 1.99. The first-order valence-corrected chi connectivity index (χ1v) is 5.80. The molecule has 0 aliphatic heterocycles. The summed E-state index contributed by atoms with van der Waals surface area (Å²) in [5.41, 5.74) is 3.05. The van der Waals surface area contributed by atoms with Crippen LogP contribution in [0.1, 0.15) is 19.4 Å². The van der Waals surface area contributed by atoms with Crippen molar-refractivity contribution >= 4 is 11.0 Å². The first kappa shape index (κ1) is 12.3. The number of hydrogen-bond acceptors (Lipinski definition) is 3. The molecule has 4 nitrogen and oxygen atoms in total. The first-order chi connectivity index (χ1) is 8.75. The second-order valence-electron chi connectivity index (χ2n) is 3.59. The lowest BCUT2D eigenvalue weighted by atomic mass is 10.1. The fourth-order valence-electron chi connectivity index (χ4n) is 1.73. The normalized spacial score (nSPS) is 10.2. The third-order valence-electron chi connectivity index (χ3n) is 2.57. The van der Waals surface area contributed by atoms with E-state index in [0.29, 0.717) is 11.3 Å². The number of aryl methyl sites for hydroxylation is 1. The van der Waals surface area contributed by atoms with Crippen molar-refractivity contribution in [2.24, 2.45) is 0 Å². The Morgan fingerprint density at radius 1 is 1.22 bits per heavy atom. The number of hydrogen-bond donors (Lipinski definition) is 1. The molecule has 0 unspecified atom stereocenters. The van der Waals surface area contributed by atoms with Crippen LogP contribution in [-0.4, -0.2) is 15.1 Å². The zero-order valence-electron chi connectivity index (χ0n) is 10.5. The highest BCUT2D eigenvalue weighted by Crippen LogP contribution is 2.29. The topological polar surface area (TPSA) is 54.7 Å². The molecule has 0 spiro atoms. The Bertz CT molecular complexity index is 657. The van der Waals surface area contributed by atoms with E-state index in [1.54, 1.807) is 6.20 Å². The molecule has 94 valence electrons. The lowest BCUT2D eigenvalue weighted by molar-refractivity contribution is 0.457. The number of imidazole rings is 1. The van der Waals surface area contributed by atoms with Crippen molar-refractivity contribution < 1.29 is 8.91 Å². The second kappa shape index (κ2) is 5.00. The van der Waals surface area contributed by atoms with Gasteiger partial charge in [0, 0.05) is 10.9 Å². The van der Waals surface area contributed by atoms with E-state index in [1.165, 1.54) is 6.20 Å². The van der Waals surface area contributed by atoms with Crippen molar-refractivity contribution in [3.63, 3.8) is 0 Å². The maximum Gasteiger partial charge on any atom is 0.286 e. The van der Waals surface area contributed by atoms with Crippen molar-refractivity contribution in [3.8, 4) is 11.3 Å². The maximum absolute atomic E-state index is 12.8. The van der Waals surface area contributed by atoms with Gasteiger partial charge in [-0.25, -0.2) is 4.98 Å². The molecule has 0 saturated carbocycles. The van der Waals surface area contributed by atoms with Crippen LogP contribution < -0.4 is 0 Å². The Morgan fingerprint density at radius 3 is 2.67 bits per heavy atom. The number of aromatic amines is 1. The highest BCUT2D eigenvalue weighted by atomic mass is 19.1. The number of rotatable bonds is 1. The summed E-state index contributed by atoms with van der Waals surface area (Å²) in [5.74, 6) is 0. The summed E-state index contributed by atoms with van der Waals surface area (Å²) < 4.78 is 18.0. The van der Waals surface area contributed by atoms with Crippen LogP contribution >= 0.6 is 0 Å². The Kier molecular flexibility index (Phi) is 3.41. The van der Waals surface area contributed by atoms with Gasteiger partial charge in [-0.2, -0.15) is 4.39 Å². The van der Waals surface area contributed by atoms with Gasteiger partial charge in [0.05, 0.1) is 18.1 Å². The van der Waals surface area contributed by atoms with E-state index in [1.807, 2.05) is 32.9 Å². The summed E-state index contributed by atoms with van der Waals surface area (Å²) >= 11 is 0. The fraction of sp³-hybridized carbons (Fsp3) is 0.231. The predicted molar refractivity (Wildman–Crippen MR) is 67.6 cm³/mol. The first-order valence-electron chi connectivity index (χ1n) is 5.80. The lowest BCUT2D eigenvalue weighted by Gasteiger charge is -1.99. The summed E-state index contributed by atoms with van der Waals surface area (Å²) in [6, 6.07) is 3.80. The molecule has 1 N–H and O–H groups in total. The molecule has 5 heteroatoms. The highest BCUT2D eigenvalue weighted by Gasteiger charge is 2.11. The summed E-state index contributed by atoms with van der Waals surface area (Å²) in [6.07, 6.45) is 2.48. The molecule has 0 aliphatic rings. The molecule has 2 aromatic heterocycles. The monoisotopic (exact) mass is 247 g/mol. The van der Waals surface area contributed by atoms with Crippen LogP contribution in [0.4, 0.5) is 4.39 Å². The van der Waals surface area contributed by atoms with Gasteiger partial charge in [-0.3, -0.25) is 0 Å². The van der Waals surface area contributed by atoms with Crippen LogP contribution in [0.5, 0.6) is 0 Å². The van der Waals surface area contributed by atoms with E-state index in [-0.39, 0.29) is 0 Å². The summed E-state index contributed by atoms with van der Waals surface area (Å²) in [5, 5.41) is 4.68. The minimum Gasteiger partial charge on any atom is -0.356 e. The van der Waals surface area contributed by atoms with Crippen molar-refractivity contribution in [2.75, 3.05) is 0 Å². The Labute approximate surface area is 104 Å². The maximum atomic E-state index is 12.8. The van der Waals surface area contributed by atoms with E-state index in [4.69, 9.17) is 4.52 Å². The number of fused-ring (bicyclic) bond motifs is 1. The average Bonchev–Trinajstić information content (AvgIpc) is 3.02. The Balaban J connectivity index is 0.000000574. The molecule has 0 bridgehead atoms. The number of aromatic nitrogens is 3. The number of H-pyrrole nitrogens is 1. The van der Waals surface area contributed by atoms with Crippen LogP contribution in [0.25, 0.3) is 22.2 Å². The van der Waals surface area contributed by atoms with Gasteiger partial charge < -0.3 is 9.51 Å². The van der Waals surface area contributed by atoms with E-state index in [2.05, 4.69) is 15.1 Å². The van der Waals surface area contributed by atoms with Gasteiger partial charge in [-0.05, 0) is 18.6 Å². The van der Waals surface area contributed by atoms with Gasteiger partial charge in [-0.15, -0.1) is 0 Å². The molecule has 0 fully saturated rings. The molecular formula is C13H14FN3O. The second-order valence-corrected chi connectivity index (χ2v) is 3.59. The summed E-state index contributed by atoms with van der Waals surface area (Å²) in [4.78, 5) is 6.05. The van der Waals surface area contributed by atoms with E-state index in [9.17, 15) is 4.39 Å². The molecule has 2 heterocycles. The van der Waals surface area contributed by atoms with Crippen molar-refractivity contribution in [2.45, 2.75) is 20.8 Å². The molecule has 0 atom stereocenters. The molecule has 3 aromatic rings. The van der Waals surface area contributed by atoms with Gasteiger partial charge >= 0.3 is 0 Å². The summed E-state index contributed by atoms with van der Waals surface area (Å²) in [6.45, 7) is 5.97. The van der Waals surface area contributed by atoms with Crippen molar-refractivity contribution in [1.29, 1.82) is 0 Å². The molecule has 18 heavy (non-hydrogen) atoms. The molecular weight excluding hydrogens is 233 g/mol. The average molecular weight is 247 g/mol. The third-order valence-corrected chi connectivity index (χ3v) is 2.57.